The van der Waals surface area contributed by atoms with Crippen molar-refractivity contribution in [3.8, 4) is 0 Å². The van der Waals surface area contributed by atoms with Gasteiger partial charge in [0.1, 0.15) is 0 Å². The Balaban J connectivity index is 1.57. The van der Waals surface area contributed by atoms with E-state index in [0.29, 0.717) is 24.5 Å². The molecule has 2 saturated carbocycles. The molecule has 1 saturated heterocycles. The molecule has 0 aromatic carbocycles. The summed E-state index contributed by atoms with van der Waals surface area (Å²) in [4.78, 5) is 17.5. The van der Waals surface area contributed by atoms with E-state index in [-0.39, 0.29) is 5.41 Å². The number of amides is 1. The predicted molar refractivity (Wildman–Crippen MR) is 89.5 cm³/mol. The number of hydrogen-bond acceptors (Lipinski definition) is 3. The van der Waals surface area contributed by atoms with Gasteiger partial charge >= 0.3 is 0 Å². The van der Waals surface area contributed by atoms with Crippen molar-refractivity contribution >= 4 is 5.91 Å². The Morgan fingerprint density at radius 2 is 1.77 bits per heavy atom. The van der Waals surface area contributed by atoms with E-state index < -0.39 is 0 Å². The molecule has 4 nitrogen and oxygen atoms in total. The van der Waals surface area contributed by atoms with Gasteiger partial charge in [-0.1, -0.05) is 13.8 Å². The Morgan fingerprint density at radius 1 is 1.18 bits per heavy atom. The van der Waals surface area contributed by atoms with Crippen LogP contribution in [0.3, 0.4) is 0 Å². The van der Waals surface area contributed by atoms with E-state index in [9.17, 15) is 4.79 Å². The maximum absolute atomic E-state index is 12.9. The predicted octanol–water partition coefficient (Wildman–Crippen LogP) is 2.23. The van der Waals surface area contributed by atoms with Gasteiger partial charge in [0.15, 0.2) is 0 Å². The Morgan fingerprint density at radius 3 is 2.27 bits per heavy atom. The van der Waals surface area contributed by atoms with Crippen molar-refractivity contribution in [3.05, 3.63) is 0 Å². The van der Waals surface area contributed by atoms with Crippen LogP contribution >= 0.6 is 0 Å². The van der Waals surface area contributed by atoms with Gasteiger partial charge in [-0.2, -0.15) is 0 Å². The minimum Gasteiger partial charge on any atom is -0.336 e. The highest BCUT2D eigenvalue weighted by atomic mass is 16.2. The lowest BCUT2D eigenvalue weighted by molar-refractivity contribution is -0.136. The van der Waals surface area contributed by atoms with Crippen LogP contribution in [0.4, 0.5) is 0 Å². The van der Waals surface area contributed by atoms with Crippen LogP contribution in [0, 0.1) is 11.3 Å². The molecule has 3 fully saturated rings. The van der Waals surface area contributed by atoms with E-state index in [2.05, 4.69) is 23.6 Å². The summed E-state index contributed by atoms with van der Waals surface area (Å²) in [6.45, 7) is 7.94. The van der Waals surface area contributed by atoms with Crippen molar-refractivity contribution in [1.29, 1.82) is 0 Å². The number of nitrogens with two attached hydrogens (primary N) is 1. The van der Waals surface area contributed by atoms with Gasteiger partial charge in [-0.05, 0) is 69.4 Å². The summed E-state index contributed by atoms with van der Waals surface area (Å²) in [6, 6.07) is 1.06. The summed E-state index contributed by atoms with van der Waals surface area (Å²) < 4.78 is 0. The third-order valence-electron chi connectivity index (χ3n) is 6.10. The number of carbonyl (C=O) groups is 1. The molecule has 22 heavy (non-hydrogen) atoms. The lowest BCUT2D eigenvalue weighted by atomic mass is 9.86. The molecule has 1 aliphatic heterocycles. The summed E-state index contributed by atoms with van der Waals surface area (Å²) in [5, 5.41) is 0. The first-order valence-electron chi connectivity index (χ1n) is 9.24. The van der Waals surface area contributed by atoms with Gasteiger partial charge in [0.25, 0.3) is 0 Å². The second-order valence-corrected chi connectivity index (χ2v) is 8.42. The Hall–Kier alpha value is -0.610. The van der Waals surface area contributed by atoms with Crippen LogP contribution in [0.1, 0.15) is 58.8 Å². The molecule has 0 aromatic heterocycles. The summed E-state index contributed by atoms with van der Waals surface area (Å²) in [6.07, 6.45) is 8.57. The zero-order valence-electron chi connectivity index (χ0n) is 14.4. The lowest BCUT2D eigenvalue weighted by Crippen LogP contribution is -2.48. The molecule has 3 rings (SSSR count). The molecule has 2 aliphatic carbocycles. The van der Waals surface area contributed by atoms with Gasteiger partial charge in [0.2, 0.25) is 5.91 Å². The molecule has 1 unspecified atom stereocenters. The minimum absolute atomic E-state index is 0.213. The van der Waals surface area contributed by atoms with E-state index in [0.717, 1.165) is 32.0 Å². The summed E-state index contributed by atoms with van der Waals surface area (Å²) in [5.41, 5.74) is 6.10. The minimum atomic E-state index is 0.213. The molecule has 2 N–H and O–H groups in total. The molecule has 0 bridgehead atoms. The molecule has 4 heteroatoms. The number of nitrogens with zero attached hydrogens (tertiary/aromatic N) is 2. The summed E-state index contributed by atoms with van der Waals surface area (Å²) in [5.74, 6) is 1.22. The fourth-order valence-electron chi connectivity index (χ4n) is 4.28. The largest absolute Gasteiger partial charge is 0.336 e. The smallest absolute Gasteiger partial charge is 0.237 e. The topological polar surface area (TPSA) is 49.6 Å². The highest BCUT2D eigenvalue weighted by Gasteiger charge is 2.40. The van der Waals surface area contributed by atoms with Crippen molar-refractivity contribution in [2.75, 3.05) is 26.2 Å². The number of likely N-dealkylation sites (tertiary alicyclic amines) is 1. The molecule has 1 amide bonds. The molecule has 1 heterocycles. The number of rotatable bonds is 5. The second-order valence-electron chi connectivity index (χ2n) is 8.42. The number of hydrogen-bond donors (Lipinski definition) is 1. The van der Waals surface area contributed by atoms with Gasteiger partial charge in [0, 0.05) is 18.6 Å². The molecular formula is C18H33N3O. The van der Waals surface area contributed by atoms with Crippen molar-refractivity contribution in [2.45, 2.75) is 70.9 Å². The average Bonchev–Trinajstić information content (AvgIpc) is 3.25. The normalized spacial score (nSPS) is 36.5. The van der Waals surface area contributed by atoms with Crippen molar-refractivity contribution < 1.29 is 4.79 Å². The summed E-state index contributed by atoms with van der Waals surface area (Å²) >= 11 is 0. The SMILES string of the molecule is CC1CCC(N(C(=O)CN2CCC(C)(CN)C2)C2CC2)CC1. The van der Waals surface area contributed by atoms with Crippen LogP contribution < -0.4 is 5.73 Å². The second kappa shape index (κ2) is 6.48. The van der Waals surface area contributed by atoms with Crippen LogP contribution in [-0.2, 0) is 4.79 Å². The lowest BCUT2D eigenvalue weighted by Gasteiger charge is -2.37. The third kappa shape index (κ3) is 3.65. The monoisotopic (exact) mass is 307 g/mol. The Bertz CT molecular complexity index is 401. The van der Waals surface area contributed by atoms with Crippen molar-refractivity contribution in [3.63, 3.8) is 0 Å². The molecule has 0 spiro atoms. The van der Waals surface area contributed by atoms with Crippen LogP contribution in [-0.4, -0.2) is 54.0 Å². The molecule has 0 aromatic rings. The van der Waals surface area contributed by atoms with E-state index in [4.69, 9.17) is 5.73 Å². The van der Waals surface area contributed by atoms with E-state index in [1.165, 1.54) is 38.5 Å². The van der Waals surface area contributed by atoms with Gasteiger partial charge in [-0.3, -0.25) is 9.69 Å². The van der Waals surface area contributed by atoms with Gasteiger partial charge in [-0.15, -0.1) is 0 Å². The fourth-order valence-corrected chi connectivity index (χ4v) is 4.28. The van der Waals surface area contributed by atoms with Crippen molar-refractivity contribution in [2.24, 2.45) is 17.1 Å². The maximum atomic E-state index is 12.9. The van der Waals surface area contributed by atoms with Gasteiger partial charge < -0.3 is 10.6 Å². The molecule has 126 valence electrons. The Labute approximate surface area is 135 Å². The van der Waals surface area contributed by atoms with E-state index in [1.807, 2.05) is 0 Å². The van der Waals surface area contributed by atoms with Crippen LogP contribution in [0.15, 0.2) is 0 Å². The first-order chi connectivity index (χ1) is 10.5. The van der Waals surface area contributed by atoms with Crippen molar-refractivity contribution in [1.82, 2.24) is 9.80 Å². The number of carbonyl (C=O) groups excluding carboxylic acids is 1. The van der Waals surface area contributed by atoms with Crippen LogP contribution in [0.2, 0.25) is 0 Å². The fraction of sp³-hybridized carbons (Fsp3) is 0.944. The molecular weight excluding hydrogens is 274 g/mol. The molecule has 0 radical (unpaired) electrons. The standard InChI is InChI=1S/C18H33N3O/c1-14-3-5-15(6-4-14)21(16-7-8-16)17(22)11-20-10-9-18(2,12-19)13-20/h14-16H,3-13,19H2,1-2H3. The quantitative estimate of drug-likeness (QED) is 0.847. The van der Waals surface area contributed by atoms with Gasteiger partial charge in [0.05, 0.1) is 6.54 Å². The zero-order valence-corrected chi connectivity index (χ0v) is 14.4. The first-order valence-corrected chi connectivity index (χ1v) is 9.24. The van der Waals surface area contributed by atoms with E-state index in [1.54, 1.807) is 0 Å². The van der Waals surface area contributed by atoms with Crippen LogP contribution in [0.25, 0.3) is 0 Å². The molecule has 1 atom stereocenters. The first kappa shape index (κ1) is 16.3. The maximum Gasteiger partial charge on any atom is 0.237 e. The third-order valence-corrected chi connectivity index (χ3v) is 6.10. The highest BCUT2D eigenvalue weighted by molar-refractivity contribution is 5.79. The van der Waals surface area contributed by atoms with Gasteiger partial charge in [-0.25, -0.2) is 0 Å². The average molecular weight is 307 g/mol. The van der Waals surface area contributed by atoms with E-state index >= 15 is 0 Å². The molecule has 3 aliphatic rings. The van der Waals surface area contributed by atoms with Crippen LogP contribution in [0.5, 0.6) is 0 Å². The Kier molecular flexibility index (Phi) is 4.79. The summed E-state index contributed by atoms with van der Waals surface area (Å²) in [7, 11) is 0. The highest BCUT2D eigenvalue weighted by Crippen LogP contribution is 2.36. The zero-order chi connectivity index (χ0) is 15.7.